The Kier molecular flexibility index (Phi) is 4.80. The van der Waals surface area contributed by atoms with Crippen LogP contribution in [0.4, 0.5) is 0 Å². The SMILES string of the molecule is OC(C[NH+]1CCCCC1)C1(c2ccc(Cl)c(Cl)c2)CCC1. The molecule has 0 bridgehead atoms. The number of rotatable bonds is 4. The van der Waals surface area contributed by atoms with E-state index in [1.165, 1.54) is 38.8 Å². The van der Waals surface area contributed by atoms with Crippen LogP contribution in [0.15, 0.2) is 18.2 Å². The van der Waals surface area contributed by atoms with Crippen LogP contribution in [0.3, 0.4) is 0 Å². The van der Waals surface area contributed by atoms with Gasteiger partial charge in [0.15, 0.2) is 0 Å². The minimum Gasteiger partial charge on any atom is -0.386 e. The van der Waals surface area contributed by atoms with Crippen molar-refractivity contribution < 1.29 is 10.0 Å². The van der Waals surface area contributed by atoms with E-state index in [-0.39, 0.29) is 11.5 Å². The zero-order chi connectivity index (χ0) is 14.9. The largest absolute Gasteiger partial charge is 0.386 e. The standard InChI is InChI=1S/C17H23Cl2NO/c18-14-6-5-13(11-15(14)19)17(7-4-8-17)16(21)12-20-9-2-1-3-10-20/h5-6,11,16,21H,1-4,7-10,12H2/p+1. The Bertz CT molecular complexity index is 496. The summed E-state index contributed by atoms with van der Waals surface area (Å²) in [5.74, 6) is 0. The number of hydrogen-bond acceptors (Lipinski definition) is 1. The first-order valence-electron chi connectivity index (χ1n) is 8.09. The molecular formula is C17H24Cl2NO+. The molecule has 0 spiro atoms. The van der Waals surface area contributed by atoms with Crippen LogP contribution >= 0.6 is 23.2 Å². The first-order valence-corrected chi connectivity index (χ1v) is 8.84. The molecule has 0 aromatic heterocycles. The summed E-state index contributed by atoms with van der Waals surface area (Å²) in [6.45, 7) is 3.27. The molecule has 1 saturated carbocycles. The highest BCUT2D eigenvalue weighted by Gasteiger charge is 2.46. The summed E-state index contributed by atoms with van der Waals surface area (Å²) in [6.07, 6.45) is 6.95. The predicted octanol–water partition coefficient (Wildman–Crippen LogP) is 2.84. The third-order valence-electron chi connectivity index (χ3n) is 5.42. The van der Waals surface area contributed by atoms with E-state index in [0.717, 1.165) is 24.9 Å². The van der Waals surface area contributed by atoms with Gasteiger partial charge in [-0.2, -0.15) is 0 Å². The summed E-state index contributed by atoms with van der Waals surface area (Å²) >= 11 is 12.2. The van der Waals surface area contributed by atoms with Crippen LogP contribution in [-0.4, -0.2) is 30.8 Å². The third kappa shape index (κ3) is 3.10. The number of piperidine rings is 1. The summed E-state index contributed by atoms with van der Waals surface area (Å²) < 4.78 is 0. The number of quaternary nitrogens is 1. The van der Waals surface area contributed by atoms with Crippen LogP contribution in [0.2, 0.25) is 10.0 Å². The molecule has 1 aromatic carbocycles. The molecule has 2 N–H and O–H groups in total. The number of aliphatic hydroxyl groups excluding tert-OH is 1. The second-order valence-corrected chi connectivity index (χ2v) is 7.48. The van der Waals surface area contributed by atoms with Crippen molar-refractivity contribution in [1.82, 2.24) is 0 Å². The molecular weight excluding hydrogens is 305 g/mol. The molecule has 2 fully saturated rings. The van der Waals surface area contributed by atoms with Gasteiger partial charge in [-0.1, -0.05) is 35.7 Å². The molecule has 1 aliphatic carbocycles. The van der Waals surface area contributed by atoms with Gasteiger partial charge in [0.2, 0.25) is 0 Å². The van der Waals surface area contributed by atoms with E-state index in [4.69, 9.17) is 23.2 Å². The van der Waals surface area contributed by atoms with E-state index in [2.05, 4.69) is 0 Å². The minimum atomic E-state index is -0.281. The van der Waals surface area contributed by atoms with Gasteiger partial charge in [-0.05, 0) is 49.8 Å². The average molecular weight is 329 g/mol. The average Bonchev–Trinajstić information content (AvgIpc) is 2.42. The molecule has 4 heteroatoms. The van der Waals surface area contributed by atoms with Crippen molar-refractivity contribution >= 4 is 23.2 Å². The predicted molar refractivity (Wildman–Crippen MR) is 87.4 cm³/mol. The first kappa shape index (κ1) is 15.6. The summed E-state index contributed by atoms with van der Waals surface area (Å²) in [5, 5.41) is 12.1. The lowest BCUT2D eigenvalue weighted by molar-refractivity contribution is -0.908. The van der Waals surface area contributed by atoms with Crippen molar-refractivity contribution in [3.05, 3.63) is 33.8 Å². The molecule has 1 saturated heterocycles. The quantitative estimate of drug-likeness (QED) is 0.872. The van der Waals surface area contributed by atoms with Gasteiger partial charge in [0.25, 0.3) is 0 Å². The Morgan fingerprint density at radius 1 is 1.05 bits per heavy atom. The zero-order valence-electron chi connectivity index (χ0n) is 12.4. The molecule has 1 heterocycles. The molecule has 1 unspecified atom stereocenters. The Balaban J connectivity index is 1.76. The summed E-state index contributed by atoms with van der Waals surface area (Å²) in [6, 6.07) is 5.86. The second-order valence-electron chi connectivity index (χ2n) is 6.67. The fraction of sp³-hybridized carbons (Fsp3) is 0.647. The minimum absolute atomic E-state index is 0.0985. The number of aliphatic hydroxyl groups is 1. The van der Waals surface area contributed by atoms with Crippen molar-refractivity contribution in [3.8, 4) is 0 Å². The highest BCUT2D eigenvalue weighted by Crippen LogP contribution is 2.47. The van der Waals surface area contributed by atoms with Crippen molar-refractivity contribution in [2.45, 2.75) is 50.0 Å². The van der Waals surface area contributed by atoms with Crippen molar-refractivity contribution in [3.63, 3.8) is 0 Å². The fourth-order valence-electron chi connectivity index (χ4n) is 3.90. The maximum absolute atomic E-state index is 10.9. The van der Waals surface area contributed by atoms with Gasteiger partial charge in [0.05, 0.1) is 23.1 Å². The smallest absolute Gasteiger partial charge is 0.112 e. The lowest BCUT2D eigenvalue weighted by Crippen LogP contribution is -3.14. The summed E-state index contributed by atoms with van der Waals surface area (Å²) in [4.78, 5) is 1.56. The van der Waals surface area contributed by atoms with Crippen LogP contribution < -0.4 is 4.90 Å². The Labute approximate surface area is 137 Å². The number of benzene rings is 1. The van der Waals surface area contributed by atoms with Gasteiger partial charge in [0, 0.05) is 5.41 Å². The highest BCUT2D eigenvalue weighted by molar-refractivity contribution is 6.42. The van der Waals surface area contributed by atoms with Crippen molar-refractivity contribution in [2.75, 3.05) is 19.6 Å². The number of likely N-dealkylation sites (tertiary alicyclic amines) is 1. The van der Waals surface area contributed by atoms with E-state index in [0.29, 0.717) is 10.0 Å². The van der Waals surface area contributed by atoms with E-state index >= 15 is 0 Å². The van der Waals surface area contributed by atoms with Gasteiger partial charge in [-0.25, -0.2) is 0 Å². The number of nitrogens with one attached hydrogen (secondary N) is 1. The summed E-state index contributed by atoms with van der Waals surface area (Å²) in [5.41, 5.74) is 1.06. The first-order chi connectivity index (χ1) is 10.1. The maximum atomic E-state index is 10.9. The molecule has 21 heavy (non-hydrogen) atoms. The summed E-state index contributed by atoms with van der Waals surface area (Å²) in [7, 11) is 0. The van der Waals surface area contributed by atoms with Crippen LogP contribution in [0.1, 0.15) is 44.1 Å². The Hall–Kier alpha value is -0.280. The normalized spacial score (nSPS) is 23.6. The van der Waals surface area contributed by atoms with Gasteiger partial charge >= 0.3 is 0 Å². The van der Waals surface area contributed by atoms with Crippen molar-refractivity contribution in [1.29, 1.82) is 0 Å². The molecule has 0 amide bonds. The maximum Gasteiger partial charge on any atom is 0.112 e. The Morgan fingerprint density at radius 2 is 1.76 bits per heavy atom. The van der Waals surface area contributed by atoms with E-state index < -0.39 is 0 Å². The van der Waals surface area contributed by atoms with Crippen molar-refractivity contribution in [2.24, 2.45) is 0 Å². The molecule has 116 valence electrons. The molecule has 0 radical (unpaired) electrons. The number of hydrogen-bond donors (Lipinski definition) is 2. The number of halogens is 2. The molecule has 1 atom stereocenters. The lowest BCUT2D eigenvalue weighted by atomic mass is 9.61. The van der Waals surface area contributed by atoms with Gasteiger partial charge < -0.3 is 10.0 Å². The monoisotopic (exact) mass is 328 g/mol. The van der Waals surface area contributed by atoms with Gasteiger partial charge in [-0.3, -0.25) is 0 Å². The van der Waals surface area contributed by atoms with E-state index in [1.807, 2.05) is 18.2 Å². The molecule has 2 nitrogen and oxygen atoms in total. The van der Waals surface area contributed by atoms with Crippen LogP contribution in [0.5, 0.6) is 0 Å². The van der Waals surface area contributed by atoms with E-state index in [1.54, 1.807) is 4.90 Å². The van der Waals surface area contributed by atoms with Gasteiger partial charge in [0.1, 0.15) is 12.6 Å². The van der Waals surface area contributed by atoms with Crippen LogP contribution in [-0.2, 0) is 5.41 Å². The van der Waals surface area contributed by atoms with Crippen LogP contribution in [0, 0.1) is 0 Å². The molecule has 1 aromatic rings. The Morgan fingerprint density at radius 3 is 2.33 bits per heavy atom. The van der Waals surface area contributed by atoms with Gasteiger partial charge in [-0.15, -0.1) is 0 Å². The molecule has 2 aliphatic rings. The second kappa shape index (κ2) is 6.45. The molecule has 1 aliphatic heterocycles. The fourth-order valence-corrected chi connectivity index (χ4v) is 4.20. The third-order valence-corrected chi connectivity index (χ3v) is 6.16. The lowest BCUT2D eigenvalue weighted by Gasteiger charge is -2.46. The van der Waals surface area contributed by atoms with E-state index in [9.17, 15) is 5.11 Å². The zero-order valence-corrected chi connectivity index (χ0v) is 13.9. The van der Waals surface area contributed by atoms with Crippen LogP contribution in [0.25, 0.3) is 0 Å². The highest BCUT2D eigenvalue weighted by atomic mass is 35.5. The topological polar surface area (TPSA) is 24.7 Å². The molecule has 3 rings (SSSR count).